The van der Waals surface area contributed by atoms with E-state index in [4.69, 9.17) is 11.6 Å². The van der Waals surface area contributed by atoms with Crippen LogP contribution in [-0.2, 0) is 6.54 Å². The topological polar surface area (TPSA) is 53.4 Å². The fourth-order valence-corrected chi connectivity index (χ4v) is 2.14. The van der Waals surface area contributed by atoms with E-state index in [2.05, 4.69) is 4.98 Å². The van der Waals surface area contributed by atoms with Gasteiger partial charge in [-0.3, -0.25) is 4.98 Å². The molecule has 1 aromatic carbocycles. The molecule has 1 N–H and O–H groups in total. The zero-order chi connectivity index (χ0) is 13.8. The van der Waals surface area contributed by atoms with E-state index in [1.807, 2.05) is 24.1 Å². The average molecular weight is 277 g/mol. The van der Waals surface area contributed by atoms with Gasteiger partial charge in [0.1, 0.15) is 5.56 Å². The van der Waals surface area contributed by atoms with E-state index in [9.17, 15) is 9.90 Å². The second-order valence-electron chi connectivity index (χ2n) is 4.15. The molecule has 5 heteroatoms. The summed E-state index contributed by atoms with van der Waals surface area (Å²) in [6.07, 6.45) is 3.42. The van der Waals surface area contributed by atoms with Gasteiger partial charge in [0.2, 0.25) is 0 Å². The van der Waals surface area contributed by atoms with Crippen molar-refractivity contribution in [3.63, 3.8) is 0 Å². The predicted octanol–water partition coefficient (Wildman–Crippen LogP) is 3.07. The van der Waals surface area contributed by atoms with Gasteiger partial charge in [-0.05, 0) is 29.8 Å². The van der Waals surface area contributed by atoms with Crippen LogP contribution in [0, 0.1) is 0 Å². The lowest BCUT2D eigenvalue weighted by Gasteiger charge is -2.21. The third-order valence-electron chi connectivity index (χ3n) is 2.79. The first-order valence-corrected chi connectivity index (χ1v) is 6.09. The minimum Gasteiger partial charge on any atom is -0.478 e. The number of nitrogens with zero attached hydrogens (tertiary/aromatic N) is 2. The molecule has 0 atom stereocenters. The van der Waals surface area contributed by atoms with Crippen LogP contribution in [0.25, 0.3) is 0 Å². The van der Waals surface area contributed by atoms with Crippen molar-refractivity contribution in [2.24, 2.45) is 0 Å². The SMILES string of the molecule is CN(Cc1ccncc1)c1cccc(Cl)c1C(=O)O. The quantitative estimate of drug-likeness (QED) is 0.932. The largest absolute Gasteiger partial charge is 0.478 e. The van der Waals surface area contributed by atoms with E-state index >= 15 is 0 Å². The van der Waals surface area contributed by atoms with Gasteiger partial charge >= 0.3 is 5.97 Å². The number of halogens is 1. The summed E-state index contributed by atoms with van der Waals surface area (Å²) in [5.74, 6) is -1.03. The Labute approximate surface area is 116 Å². The maximum absolute atomic E-state index is 11.3. The van der Waals surface area contributed by atoms with Gasteiger partial charge < -0.3 is 10.0 Å². The standard InChI is InChI=1S/C14H13ClN2O2/c1-17(9-10-5-7-16-8-6-10)12-4-2-3-11(15)13(12)14(18)19/h2-8H,9H2,1H3,(H,18,19). The fraction of sp³-hybridized carbons (Fsp3) is 0.143. The molecular formula is C14H13ClN2O2. The number of pyridine rings is 1. The van der Waals surface area contributed by atoms with Gasteiger partial charge in [-0.2, -0.15) is 0 Å². The Morgan fingerprint density at radius 2 is 2.00 bits per heavy atom. The van der Waals surface area contributed by atoms with Crippen LogP contribution in [0.3, 0.4) is 0 Å². The lowest BCUT2D eigenvalue weighted by atomic mass is 10.1. The highest BCUT2D eigenvalue weighted by Gasteiger charge is 2.17. The second-order valence-corrected chi connectivity index (χ2v) is 4.56. The van der Waals surface area contributed by atoms with Crippen LogP contribution in [0.4, 0.5) is 5.69 Å². The molecule has 0 radical (unpaired) electrons. The second kappa shape index (κ2) is 5.71. The molecule has 2 aromatic rings. The monoisotopic (exact) mass is 276 g/mol. The van der Waals surface area contributed by atoms with E-state index in [0.717, 1.165) is 5.56 Å². The summed E-state index contributed by atoms with van der Waals surface area (Å²) in [5.41, 5.74) is 1.77. The average Bonchev–Trinajstić information content (AvgIpc) is 2.39. The first kappa shape index (κ1) is 13.4. The molecule has 0 saturated heterocycles. The summed E-state index contributed by atoms with van der Waals surface area (Å²) in [6, 6.07) is 8.85. The maximum atomic E-state index is 11.3. The van der Waals surface area contributed by atoms with Gasteiger partial charge in [0.15, 0.2) is 0 Å². The molecule has 0 saturated carbocycles. The summed E-state index contributed by atoms with van der Waals surface area (Å²) < 4.78 is 0. The summed E-state index contributed by atoms with van der Waals surface area (Å²) in [6.45, 7) is 0.586. The molecule has 0 unspecified atom stereocenters. The molecule has 4 nitrogen and oxygen atoms in total. The molecule has 98 valence electrons. The zero-order valence-electron chi connectivity index (χ0n) is 10.4. The Bertz CT molecular complexity index is 587. The molecule has 1 heterocycles. The molecule has 2 rings (SSSR count). The van der Waals surface area contributed by atoms with Crippen molar-refractivity contribution in [1.29, 1.82) is 0 Å². The number of carboxylic acids is 1. The first-order valence-electron chi connectivity index (χ1n) is 5.71. The normalized spacial score (nSPS) is 10.2. The third kappa shape index (κ3) is 3.03. The number of rotatable bonds is 4. The molecule has 0 aliphatic heterocycles. The van der Waals surface area contributed by atoms with Crippen LogP contribution in [0.1, 0.15) is 15.9 Å². The van der Waals surface area contributed by atoms with Gasteiger partial charge in [-0.25, -0.2) is 4.79 Å². The van der Waals surface area contributed by atoms with Gasteiger partial charge in [0.05, 0.1) is 10.7 Å². The Balaban J connectivity index is 2.31. The summed E-state index contributed by atoms with van der Waals surface area (Å²) in [7, 11) is 1.83. The summed E-state index contributed by atoms with van der Waals surface area (Å²) in [5, 5.41) is 9.48. The van der Waals surface area contributed by atoms with Crippen LogP contribution in [0.15, 0.2) is 42.7 Å². The Hall–Kier alpha value is -2.07. The number of aromatic carboxylic acids is 1. The lowest BCUT2D eigenvalue weighted by molar-refractivity contribution is 0.0697. The van der Waals surface area contributed by atoms with Crippen LogP contribution in [0.5, 0.6) is 0 Å². The van der Waals surface area contributed by atoms with E-state index in [0.29, 0.717) is 12.2 Å². The first-order chi connectivity index (χ1) is 9.09. The van der Waals surface area contributed by atoms with Crippen LogP contribution in [-0.4, -0.2) is 23.1 Å². The zero-order valence-corrected chi connectivity index (χ0v) is 11.1. The minimum absolute atomic E-state index is 0.126. The number of hydrogen-bond acceptors (Lipinski definition) is 3. The summed E-state index contributed by atoms with van der Waals surface area (Å²) >= 11 is 5.95. The Morgan fingerprint density at radius 3 is 2.63 bits per heavy atom. The highest BCUT2D eigenvalue weighted by molar-refractivity contribution is 6.34. The number of carbonyl (C=O) groups is 1. The van der Waals surface area contributed by atoms with Crippen molar-refractivity contribution in [2.45, 2.75) is 6.54 Å². The van der Waals surface area contributed by atoms with Gasteiger partial charge in [0, 0.05) is 26.0 Å². The van der Waals surface area contributed by atoms with Gasteiger partial charge in [-0.1, -0.05) is 17.7 Å². The molecule has 0 aliphatic carbocycles. The van der Waals surface area contributed by atoms with Crippen molar-refractivity contribution < 1.29 is 9.90 Å². The molecule has 19 heavy (non-hydrogen) atoms. The van der Waals surface area contributed by atoms with E-state index < -0.39 is 5.97 Å². The molecule has 0 aliphatic rings. The predicted molar refractivity (Wildman–Crippen MR) is 74.8 cm³/mol. The van der Waals surface area contributed by atoms with Gasteiger partial charge in [-0.15, -0.1) is 0 Å². The Kier molecular flexibility index (Phi) is 4.02. The molecule has 1 aromatic heterocycles. The minimum atomic E-state index is -1.03. The number of anilines is 1. The van der Waals surface area contributed by atoms with Crippen molar-refractivity contribution in [2.75, 3.05) is 11.9 Å². The van der Waals surface area contributed by atoms with Crippen LogP contribution < -0.4 is 4.90 Å². The van der Waals surface area contributed by atoms with Crippen molar-refractivity contribution >= 4 is 23.3 Å². The molecular weight excluding hydrogens is 264 g/mol. The highest BCUT2D eigenvalue weighted by Crippen LogP contribution is 2.27. The van der Waals surface area contributed by atoms with E-state index in [-0.39, 0.29) is 10.6 Å². The Morgan fingerprint density at radius 1 is 1.32 bits per heavy atom. The molecule has 0 spiro atoms. The maximum Gasteiger partial charge on any atom is 0.339 e. The van der Waals surface area contributed by atoms with E-state index in [1.54, 1.807) is 30.6 Å². The van der Waals surface area contributed by atoms with Crippen molar-refractivity contribution in [3.05, 3.63) is 58.9 Å². The fourth-order valence-electron chi connectivity index (χ4n) is 1.89. The number of carboxylic acid groups (broad SMARTS) is 1. The summed E-state index contributed by atoms with van der Waals surface area (Å²) in [4.78, 5) is 17.1. The van der Waals surface area contributed by atoms with Gasteiger partial charge in [0.25, 0.3) is 0 Å². The van der Waals surface area contributed by atoms with Crippen LogP contribution >= 0.6 is 11.6 Å². The lowest BCUT2D eigenvalue weighted by Crippen LogP contribution is -2.19. The molecule has 0 fully saturated rings. The number of aromatic nitrogens is 1. The van der Waals surface area contributed by atoms with Crippen LogP contribution in [0.2, 0.25) is 5.02 Å². The molecule has 0 bridgehead atoms. The third-order valence-corrected chi connectivity index (χ3v) is 3.10. The van der Waals surface area contributed by atoms with E-state index in [1.165, 1.54) is 0 Å². The smallest absolute Gasteiger partial charge is 0.339 e. The number of benzene rings is 1. The highest BCUT2D eigenvalue weighted by atomic mass is 35.5. The number of hydrogen-bond donors (Lipinski definition) is 1. The molecule has 0 amide bonds. The van der Waals surface area contributed by atoms with Crippen molar-refractivity contribution in [1.82, 2.24) is 4.98 Å². The van der Waals surface area contributed by atoms with Crippen molar-refractivity contribution in [3.8, 4) is 0 Å².